The van der Waals surface area contributed by atoms with Gasteiger partial charge in [0.15, 0.2) is 0 Å². The summed E-state index contributed by atoms with van der Waals surface area (Å²) in [5.74, 6) is -4.85. The summed E-state index contributed by atoms with van der Waals surface area (Å²) in [4.78, 5) is 11.5. The van der Waals surface area contributed by atoms with E-state index >= 15 is 0 Å². The predicted octanol–water partition coefficient (Wildman–Crippen LogP) is 1.91. The van der Waals surface area contributed by atoms with Crippen LogP contribution < -0.4 is 15.8 Å². The third-order valence-corrected chi connectivity index (χ3v) is 2.14. The van der Waals surface area contributed by atoms with E-state index in [0.29, 0.717) is 0 Å². The Kier molecular flexibility index (Phi) is 4.88. The molecule has 1 aromatic rings. The van der Waals surface area contributed by atoms with Crippen LogP contribution in [-0.4, -0.2) is 31.3 Å². The van der Waals surface area contributed by atoms with E-state index in [4.69, 9.17) is 5.73 Å². The highest BCUT2D eigenvalue weighted by molar-refractivity contribution is 5.94. The minimum atomic E-state index is -4.90. The first-order valence-corrected chi connectivity index (χ1v) is 5.35. The molecule has 0 unspecified atom stereocenters. The Morgan fingerprint density at radius 1 is 1.25 bits per heavy atom. The normalized spacial score (nSPS) is 12.1. The second-order valence-electron chi connectivity index (χ2n) is 3.82. The zero-order valence-electron chi connectivity index (χ0n) is 10.0. The molecule has 0 heterocycles. The molecule has 0 spiro atoms. The topological polar surface area (TPSA) is 64.3 Å². The first-order chi connectivity index (χ1) is 9.13. The summed E-state index contributed by atoms with van der Waals surface area (Å²) in [6.07, 6.45) is -4.90. The average molecular weight is 298 g/mol. The first-order valence-electron chi connectivity index (χ1n) is 5.35. The number of carbonyl (C=O) groups excluding carboxylic acids is 1. The highest BCUT2D eigenvalue weighted by Gasteiger charge is 2.31. The number of rotatable bonds is 5. The van der Waals surface area contributed by atoms with Gasteiger partial charge in [-0.3, -0.25) is 4.79 Å². The molecular formula is C11H11F5N2O2. The van der Waals surface area contributed by atoms with Gasteiger partial charge in [-0.05, 0) is 18.2 Å². The van der Waals surface area contributed by atoms with E-state index in [1.54, 1.807) is 0 Å². The molecule has 0 aromatic heterocycles. The molecule has 3 N–H and O–H groups in total. The number of benzene rings is 1. The van der Waals surface area contributed by atoms with Crippen LogP contribution in [-0.2, 0) is 0 Å². The van der Waals surface area contributed by atoms with Crippen molar-refractivity contribution in [2.75, 3.05) is 13.1 Å². The SMILES string of the molecule is NCC(F)(F)CNC(=O)c1cccc(OC(F)(F)F)c1. The van der Waals surface area contributed by atoms with Crippen LogP contribution in [0.1, 0.15) is 10.4 Å². The summed E-state index contributed by atoms with van der Waals surface area (Å²) in [5, 5.41) is 1.87. The van der Waals surface area contributed by atoms with Gasteiger partial charge in [0.1, 0.15) is 5.75 Å². The molecule has 0 aliphatic heterocycles. The maximum absolute atomic E-state index is 12.8. The molecule has 112 valence electrons. The number of carbonyl (C=O) groups is 1. The lowest BCUT2D eigenvalue weighted by Gasteiger charge is -2.15. The number of alkyl halides is 5. The van der Waals surface area contributed by atoms with Crippen molar-refractivity contribution in [2.45, 2.75) is 12.3 Å². The van der Waals surface area contributed by atoms with Gasteiger partial charge in [-0.2, -0.15) is 0 Å². The molecule has 1 rings (SSSR count). The van der Waals surface area contributed by atoms with Crippen molar-refractivity contribution < 1.29 is 31.5 Å². The molecular weight excluding hydrogens is 287 g/mol. The first kappa shape index (κ1) is 16.2. The number of nitrogens with two attached hydrogens (primary N) is 1. The molecule has 0 aliphatic carbocycles. The molecule has 0 radical (unpaired) electrons. The van der Waals surface area contributed by atoms with Crippen LogP contribution in [0.2, 0.25) is 0 Å². The molecule has 0 saturated carbocycles. The lowest BCUT2D eigenvalue weighted by molar-refractivity contribution is -0.274. The van der Waals surface area contributed by atoms with E-state index in [1.165, 1.54) is 6.07 Å². The second-order valence-corrected chi connectivity index (χ2v) is 3.82. The maximum Gasteiger partial charge on any atom is 0.573 e. The summed E-state index contributed by atoms with van der Waals surface area (Å²) in [6.45, 7) is -1.96. The minimum absolute atomic E-state index is 0.237. The Morgan fingerprint density at radius 2 is 1.90 bits per heavy atom. The summed E-state index contributed by atoms with van der Waals surface area (Å²) < 4.78 is 65.2. The minimum Gasteiger partial charge on any atom is -0.406 e. The van der Waals surface area contributed by atoms with Gasteiger partial charge in [-0.25, -0.2) is 8.78 Å². The summed E-state index contributed by atoms with van der Waals surface area (Å²) >= 11 is 0. The number of halogens is 5. The van der Waals surface area contributed by atoms with Gasteiger partial charge < -0.3 is 15.8 Å². The maximum atomic E-state index is 12.8. The lowest BCUT2D eigenvalue weighted by atomic mass is 10.2. The molecule has 0 aliphatic rings. The van der Waals surface area contributed by atoms with Crippen molar-refractivity contribution in [3.63, 3.8) is 0 Å². The zero-order valence-corrected chi connectivity index (χ0v) is 10.0. The third-order valence-electron chi connectivity index (χ3n) is 2.14. The number of hydrogen-bond acceptors (Lipinski definition) is 3. The fraction of sp³-hybridized carbons (Fsp3) is 0.364. The van der Waals surface area contributed by atoms with Crippen LogP contribution in [0.4, 0.5) is 22.0 Å². The average Bonchev–Trinajstić information content (AvgIpc) is 2.34. The molecule has 9 heteroatoms. The van der Waals surface area contributed by atoms with Crippen molar-refractivity contribution in [2.24, 2.45) is 5.73 Å². The largest absolute Gasteiger partial charge is 0.573 e. The van der Waals surface area contributed by atoms with Crippen molar-refractivity contribution in [3.8, 4) is 5.75 Å². The van der Waals surface area contributed by atoms with Gasteiger partial charge in [0.2, 0.25) is 0 Å². The van der Waals surface area contributed by atoms with Crippen LogP contribution in [0.25, 0.3) is 0 Å². The van der Waals surface area contributed by atoms with Crippen LogP contribution in [0.5, 0.6) is 5.75 Å². The van der Waals surface area contributed by atoms with E-state index in [0.717, 1.165) is 18.2 Å². The fourth-order valence-corrected chi connectivity index (χ4v) is 1.22. The van der Waals surface area contributed by atoms with Gasteiger partial charge in [-0.1, -0.05) is 6.07 Å². The van der Waals surface area contributed by atoms with Gasteiger partial charge in [-0.15, -0.1) is 13.2 Å². The van der Waals surface area contributed by atoms with Gasteiger partial charge in [0, 0.05) is 5.56 Å². The number of ether oxygens (including phenoxy) is 1. The molecule has 0 fully saturated rings. The van der Waals surface area contributed by atoms with Gasteiger partial charge in [0.25, 0.3) is 11.8 Å². The Labute approximate surface area is 110 Å². The van der Waals surface area contributed by atoms with Crippen molar-refractivity contribution in [1.82, 2.24) is 5.32 Å². The smallest absolute Gasteiger partial charge is 0.406 e. The summed E-state index contributed by atoms with van der Waals surface area (Å²) in [6, 6.07) is 4.08. The van der Waals surface area contributed by atoms with E-state index in [1.807, 2.05) is 5.32 Å². The number of hydrogen-bond donors (Lipinski definition) is 2. The summed E-state index contributed by atoms with van der Waals surface area (Å²) in [5.41, 5.74) is 4.54. The standard InChI is InChI=1S/C11H11F5N2O2/c12-10(13,5-17)6-18-9(19)7-2-1-3-8(4-7)20-11(14,15)16/h1-4H,5-6,17H2,(H,18,19). The van der Waals surface area contributed by atoms with E-state index in [9.17, 15) is 26.7 Å². The molecule has 20 heavy (non-hydrogen) atoms. The molecule has 0 atom stereocenters. The lowest BCUT2D eigenvalue weighted by Crippen LogP contribution is -2.41. The fourth-order valence-electron chi connectivity index (χ4n) is 1.22. The quantitative estimate of drug-likeness (QED) is 0.816. The second kappa shape index (κ2) is 6.04. The van der Waals surface area contributed by atoms with E-state index in [-0.39, 0.29) is 5.56 Å². The van der Waals surface area contributed by atoms with Crippen LogP contribution in [0, 0.1) is 0 Å². The Balaban J connectivity index is 2.72. The van der Waals surface area contributed by atoms with Gasteiger partial charge in [0.05, 0.1) is 13.1 Å². The van der Waals surface area contributed by atoms with E-state index < -0.39 is 37.0 Å². The van der Waals surface area contributed by atoms with Crippen molar-refractivity contribution >= 4 is 5.91 Å². The van der Waals surface area contributed by atoms with Crippen molar-refractivity contribution in [1.29, 1.82) is 0 Å². The highest BCUT2D eigenvalue weighted by atomic mass is 19.4. The molecule has 0 saturated heterocycles. The number of amides is 1. The van der Waals surface area contributed by atoms with Crippen LogP contribution in [0.15, 0.2) is 24.3 Å². The Bertz CT molecular complexity index is 476. The van der Waals surface area contributed by atoms with Gasteiger partial charge >= 0.3 is 6.36 Å². The third kappa shape index (κ3) is 5.39. The zero-order chi connectivity index (χ0) is 15.4. The number of nitrogens with one attached hydrogen (secondary N) is 1. The highest BCUT2D eigenvalue weighted by Crippen LogP contribution is 2.23. The molecule has 1 amide bonds. The summed E-state index contributed by atoms with van der Waals surface area (Å²) in [7, 11) is 0. The Hall–Kier alpha value is -1.90. The van der Waals surface area contributed by atoms with E-state index in [2.05, 4.69) is 4.74 Å². The van der Waals surface area contributed by atoms with Crippen LogP contribution in [0.3, 0.4) is 0 Å². The predicted molar refractivity (Wildman–Crippen MR) is 59.5 cm³/mol. The monoisotopic (exact) mass is 298 g/mol. The van der Waals surface area contributed by atoms with Crippen LogP contribution >= 0.6 is 0 Å². The Morgan fingerprint density at radius 3 is 2.45 bits per heavy atom. The molecule has 4 nitrogen and oxygen atoms in total. The molecule has 0 bridgehead atoms. The molecule has 1 aromatic carbocycles. The van der Waals surface area contributed by atoms with Crippen molar-refractivity contribution in [3.05, 3.63) is 29.8 Å².